The standard InChI is InChI=1S/C26H27F3N4O3/c1-16(32-24(34)23-8-11-31-25(33-23)36-21-9-12-35-13-10-21)17-2-4-18(5-3-17)22-14-20(26(27,28)29)7-6-19(22)15-30/h2-8,11,14,16,21H,9-10,12-13,15,30H2,1H3,(H,32,34)/t16-/m1/s1. The second-order valence-electron chi connectivity index (χ2n) is 8.55. The summed E-state index contributed by atoms with van der Waals surface area (Å²) in [6.45, 7) is 3.15. The molecule has 36 heavy (non-hydrogen) atoms. The summed E-state index contributed by atoms with van der Waals surface area (Å²) in [5.41, 5.74) is 7.61. The van der Waals surface area contributed by atoms with Crippen LogP contribution in [0, 0.1) is 0 Å². The van der Waals surface area contributed by atoms with Crippen molar-refractivity contribution < 1.29 is 27.4 Å². The summed E-state index contributed by atoms with van der Waals surface area (Å²) in [5, 5.41) is 2.88. The smallest absolute Gasteiger partial charge is 0.416 e. The minimum absolute atomic E-state index is 0.0499. The molecule has 1 aliphatic rings. The van der Waals surface area contributed by atoms with Gasteiger partial charge in [0, 0.05) is 25.6 Å². The Balaban J connectivity index is 1.45. The average Bonchev–Trinajstić information content (AvgIpc) is 2.88. The third-order valence-electron chi connectivity index (χ3n) is 6.03. The van der Waals surface area contributed by atoms with Crippen molar-refractivity contribution in [3.63, 3.8) is 0 Å². The fourth-order valence-electron chi connectivity index (χ4n) is 3.97. The molecule has 0 saturated carbocycles. The number of nitrogens with two attached hydrogens (primary N) is 1. The second-order valence-corrected chi connectivity index (χ2v) is 8.55. The maximum absolute atomic E-state index is 13.2. The van der Waals surface area contributed by atoms with Crippen molar-refractivity contribution in [2.45, 2.75) is 44.6 Å². The van der Waals surface area contributed by atoms with E-state index in [0.29, 0.717) is 29.9 Å². The average molecular weight is 501 g/mol. The molecular weight excluding hydrogens is 473 g/mol. The highest BCUT2D eigenvalue weighted by Crippen LogP contribution is 2.34. The Morgan fingerprint density at radius 2 is 1.89 bits per heavy atom. The first kappa shape index (κ1) is 25.6. The van der Waals surface area contributed by atoms with E-state index < -0.39 is 17.6 Å². The number of nitrogens with zero attached hydrogens (tertiary/aromatic N) is 2. The molecular formula is C26H27F3N4O3. The molecule has 0 radical (unpaired) electrons. The highest BCUT2D eigenvalue weighted by atomic mass is 19.4. The van der Waals surface area contributed by atoms with Crippen molar-refractivity contribution >= 4 is 5.91 Å². The predicted molar refractivity (Wildman–Crippen MR) is 127 cm³/mol. The molecule has 3 aromatic rings. The van der Waals surface area contributed by atoms with Crippen molar-refractivity contribution in [2.75, 3.05) is 13.2 Å². The third-order valence-corrected chi connectivity index (χ3v) is 6.03. The van der Waals surface area contributed by atoms with Crippen LogP contribution in [0.4, 0.5) is 13.2 Å². The van der Waals surface area contributed by atoms with Gasteiger partial charge in [-0.1, -0.05) is 30.3 Å². The maximum atomic E-state index is 13.2. The summed E-state index contributed by atoms with van der Waals surface area (Å²) < 4.78 is 50.7. The summed E-state index contributed by atoms with van der Waals surface area (Å²) in [4.78, 5) is 21.1. The van der Waals surface area contributed by atoms with Crippen LogP contribution in [-0.4, -0.2) is 35.2 Å². The van der Waals surface area contributed by atoms with Gasteiger partial charge in [0.25, 0.3) is 5.91 Å². The van der Waals surface area contributed by atoms with Crippen molar-refractivity contribution in [2.24, 2.45) is 5.73 Å². The number of hydrogen-bond donors (Lipinski definition) is 2. The van der Waals surface area contributed by atoms with Gasteiger partial charge in [-0.25, -0.2) is 4.98 Å². The molecule has 3 N–H and O–H groups in total. The van der Waals surface area contributed by atoms with Gasteiger partial charge in [0.05, 0.1) is 24.8 Å². The van der Waals surface area contributed by atoms with Gasteiger partial charge >= 0.3 is 12.2 Å². The summed E-state index contributed by atoms with van der Waals surface area (Å²) in [7, 11) is 0. The Morgan fingerprint density at radius 3 is 2.56 bits per heavy atom. The molecule has 190 valence electrons. The van der Waals surface area contributed by atoms with Crippen LogP contribution in [0.25, 0.3) is 11.1 Å². The van der Waals surface area contributed by atoms with Gasteiger partial charge in [0.15, 0.2) is 0 Å². The number of rotatable bonds is 7. The molecule has 1 aromatic heterocycles. The SMILES string of the molecule is C[C@@H](NC(=O)c1ccnc(OC2CCOCC2)n1)c1ccc(-c2cc(C(F)(F)F)ccc2CN)cc1. The minimum atomic E-state index is -4.45. The fraction of sp³-hybridized carbons (Fsp3) is 0.346. The number of amides is 1. The normalized spacial score (nSPS) is 15.4. The van der Waals surface area contributed by atoms with E-state index in [9.17, 15) is 18.0 Å². The van der Waals surface area contributed by atoms with Gasteiger partial charge in [0.2, 0.25) is 0 Å². The Kier molecular flexibility index (Phi) is 7.85. The molecule has 1 amide bonds. The van der Waals surface area contributed by atoms with E-state index in [0.717, 1.165) is 30.5 Å². The first-order valence-corrected chi connectivity index (χ1v) is 11.6. The third kappa shape index (κ3) is 6.19. The van der Waals surface area contributed by atoms with Gasteiger partial charge in [-0.15, -0.1) is 0 Å². The van der Waals surface area contributed by atoms with Gasteiger partial charge in [-0.2, -0.15) is 18.2 Å². The molecule has 1 fully saturated rings. The quantitative estimate of drug-likeness (QED) is 0.489. The van der Waals surface area contributed by atoms with Crippen LogP contribution in [0.15, 0.2) is 54.7 Å². The zero-order chi connectivity index (χ0) is 25.7. The molecule has 2 heterocycles. The number of alkyl halides is 3. The Hall–Kier alpha value is -3.50. The topological polar surface area (TPSA) is 99.4 Å². The van der Waals surface area contributed by atoms with Crippen LogP contribution >= 0.6 is 0 Å². The lowest BCUT2D eigenvalue weighted by Gasteiger charge is -2.22. The molecule has 1 aliphatic heterocycles. The maximum Gasteiger partial charge on any atom is 0.416 e. The Morgan fingerprint density at radius 1 is 1.17 bits per heavy atom. The van der Waals surface area contributed by atoms with E-state index in [1.54, 1.807) is 24.3 Å². The van der Waals surface area contributed by atoms with Crippen LogP contribution < -0.4 is 15.8 Å². The molecule has 10 heteroatoms. The molecule has 1 saturated heterocycles. The number of nitrogens with one attached hydrogen (secondary N) is 1. The van der Waals surface area contributed by atoms with Crippen LogP contribution in [0.5, 0.6) is 6.01 Å². The van der Waals surface area contributed by atoms with E-state index in [2.05, 4.69) is 15.3 Å². The van der Waals surface area contributed by atoms with E-state index in [-0.39, 0.29) is 30.4 Å². The van der Waals surface area contributed by atoms with Gasteiger partial charge in [-0.3, -0.25) is 4.79 Å². The molecule has 2 aromatic carbocycles. The van der Waals surface area contributed by atoms with E-state index >= 15 is 0 Å². The van der Waals surface area contributed by atoms with Crippen molar-refractivity contribution in [3.05, 3.63) is 77.1 Å². The number of halogens is 3. The Bertz CT molecular complexity index is 1200. The van der Waals surface area contributed by atoms with Crippen molar-refractivity contribution in [1.82, 2.24) is 15.3 Å². The molecule has 4 rings (SSSR count). The van der Waals surface area contributed by atoms with Crippen LogP contribution in [0.3, 0.4) is 0 Å². The molecule has 1 atom stereocenters. The molecule has 0 bridgehead atoms. The number of carbonyl (C=O) groups is 1. The largest absolute Gasteiger partial charge is 0.460 e. The Labute approximate surface area is 206 Å². The predicted octanol–water partition coefficient (Wildman–Crippen LogP) is 4.67. The molecule has 0 unspecified atom stereocenters. The molecule has 0 spiro atoms. The first-order valence-electron chi connectivity index (χ1n) is 11.6. The summed E-state index contributed by atoms with van der Waals surface area (Å²) >= 11 is 0. The van der Waals surface area contributed by atoms with Crippen molar-refractivity contribution in [1.29, 1.82) is 0 Å². The number of aromatic nitrogens is 2. The van der Waals surface area contributed by atoms with E-state index in [1.165, 1.54) is 18.3 Å². The summed E-state index contributed by atoms with van der Waals surface area (Å²) in [6, 6.07) is 11.8. The van der Waals surface area contributed by atoms with Crippen LogP contribution in [0.2, 0.25) is 0 Å². The highest BCUT2D eigenvalue weighted by Gasteiger charge is 2.31. The van der Waals surface area contributed by atoms with E-state index in [1.807, 2.05) is 6.92 Å². The van der Waals surface area contributed by atoms with Gasteiger partial charge < -0.3 is 20.5 Å². The fourth-order valence-corrected chi connectivity index (χ4v) is 3.97. The number of ether oxygens (including phenoxy) is 2. The molecule has 0 aliphatic carbocycles. The van der Waals surface area contributed by atoms with Crippen LogP contribution in [-0.2, 0) is 17.5 Å². The van der Waals surface area contributed by atoms with Gasteiger partial charge in [-0.05, 0) is 47.4 Å². The molecule has 7 nitrogen and oxygen atoms in total. The zero-order valence-corrected chi connectivity index (χ0v) is 19.7. The zero-order valence-electron chi connectivity index (χ0n) is 19.7. The lowest BCUT2D eigenvalue weighted by molar-refractivity contribution is -0.137. The highest BCUT2D eigenvalue weighted by molar-refractivity contribution is 5.92. The lowest BCUT2D eigenvalue weighted by atomic mass is 9.95. The van der Waals surface area contributed by atoms with Crippen molar-refractivity contribution in [3.8, 4) is 17.1 Å². The number of hydrogen-bond acceptors (Lipinski definition) is 6. The first-order chi connectivity index (χ1) is 17.2. The number of benzene rings is 2. The van der Waals surface area contributed by atoms with E-state index in [4.69, 9.17) is 15.2 Å². The number of carbonyl (C=O) groups excluding carboxylic acids is 1. The van der Waals surface area contributed by atoms with Gasteiger partial charge in [0.1, 0.15) is 11.8 Å². The summed E-state index contributed by atoms with van der Waals surface area (Å²) in [5.74, 6) is -0.394. The minimum Gasteiger partial charge on any atom is -0.460 e. The second kappa shape index (κ2) is 11.0. The monoisotopic (exact) mass is 500 g/mol. The summed E-state index contributed by atoms with van der Waals surface area (Å²) in [6.07, 6.45) is -1.55. The lowest BCUT2D eigenvalue weighted by Crippen LogP contribution is -2.29. The van der Waals surface area contributed by atoms with Crippen LogP contribution in [0.1, 0.15) is 53.0 Å².